The molecule has 0 aliphatic heterocycles. The van der Waals surface area contributed by atoms with Crippen LogP contribution in [0.4, 0.5) is 5.69 Å². The second-order valence-corrected chi connectivity index (χ2v) is 9.31. The first-order valence-electron chi connectivity index (χ1n) is 10.4. The highest BCUT2D eigenvalue weighted by atomic mass is 32.2. The Hall–Kier alpha value is -2.54. The molecule has 164 valence electrons. The number of benzene rings is 2. The number of nitrogens with zero attached hydrogens (tertiary/aromatic N) is 1. The molecule has 2 rings (SSSR count). The van der Waals surface area contributed by atoms with Gasteiger partial charge in [-0.05, 0) is 48.7 Å². The van der Waals surface area contributed by atoms with Crippen LogP contribution in [0.5, 0.6) is 11.5 Å². The van der Waals surface area contributed by atoms with Gasteiger partial charge in [-0.2, -0.15) is 0 Å². The van der Waals surface area contributed by atoms with Gasteiger partial charge in [0.05, 0.1) is 11.9 Å². The summed E-state index contributed by atoms with van der Waals surface area (Å²) < 4.78 is 31.4. The van der Waals surface area contributed by atoms with E-state index in [2.05, 4.69) is 19.2 Å². The SMILES string of the molecule is CCCC[C@@H](CC)CNC(=O)CN(c1ccc(Oc2ccccc2)cc1)S(C)(=O)=O. The van der Waals surface area contributed by atoms with E-state index in [0.29, 0.717) is 29.6 Å². The number of carbonyl (C=O) groups excluding carboxylic acids is 1. The number of carbonyl (C=O) groups is 1. The summed E-state index contributed by atoms with van der Waals surface area (Å²) in [6.07, 6.45) is 5.40. The predicted octanol–water partition coefficient (Wildman–Crippen LogP) is 4.58. The number of sulfonamides is 1. The fourth-order valence-corrected chi connectivity index (χ4v) is 3.95. The van der Waals surface area contributed by atoms with E-state index in [9.17, 15) is 13.2 Å². The zero-order valence-electron chi connectivity index (χ0n) is 18.0. The Morgan fingerprint density at radius 2 is 1.67 bits per heavy atom. The highest BCUT2D eigenvalue weighted by molar-refractivity contribution is 7.92. The van der Waals surface area contributed by atoms with Gasteiger partial charge in [0.2, 0.25) is 15.9 Å². The third-order valence-corrected chi connectivity index (χ3v) is 6.06. The fraction of sp³-hybridized carbons (Fsp3) is 0.435. The van der Waals surface area contributed by atoms with E-state index < -0.39 is 10.0 Å². The van der Waals surface area contributed by atoms with Crippen molar-refractivity contribution in [3.05, 3.63) is 54.6 Å². The molecule has 0 radical (unpaired) electrons. The van der Waals surface area contributed by atoms with Crippen molar-refractivity contribution < 1.29 is 17.9 Å². The zero-order chi connectivity index (χ0) is 22.0. The van der Waals surface area contributed by atoms with Gasteiger partial charge in [0, 0.05) is 6.54 Å². The lowest BCUT2D eigenvalue weighted by molar-refractivity contribution is -0.119. The summed E-state index contributed by atoms with van der Waals surface area (Å²) in [7, 11) is -3.61. The van der Waals surface area contributed by atoms with Gasteiger partial charge < -0.3 is 10.1 Å². The van der Waals surface area contributed by atoms with Crippen molar-refractivity contribution >= 4 is 21.6 Å². The number of amides is 1. The van der Waals surface area contributed by atoms with Crippen LogP contribution in [-0.4, -0.2) is 33.7 Å². The highest BCUT2D eigenvalue weighted by Crippen LogP contribution is 2.25. The van der Waals surface area contributed by atoms with Crippen molar-refractivity contribution in [1.82, 2.24) is 5.32 Å². The molecule has 1 N–H and O–H groups in total. The topological polar surface area (TPSA) is 75.7 Å². The molecule has 0 heterocycles. The minimum atomic E-state index is -3.61. The molecule has 0 spiro atoms. The maximum absolute atomic E-state index is 12.4. The number of para-hydroxylation sites is 1. The van der Waals surface area contributed by atoms with Gasteiger partial charge in [-0.25, -0.2) is 8.42 Å². The Morgan fingerprint density at radius 1 is 1.03 bits per heavy atom. The average molecular weight is 433 g/mol. The minimum absolute atomic E-state index is 0.248. The number of ether oxygens (including phenoxy) is 1. The van der Waals surface area contributed by atoms with E-state index in [4.69, 9.17) is 4.74 Å². The first-order chi connectivity index (χ1) is 14.3. The van der Waals surface area contributed by atoms with Crippen molar-refractivity contribution in [1.29, 1.82) is 0 Å². The standard InChI is InChI=1S/C23H32N2O4S/c1-4-6-10-19(5-2)17-24-23(26)18-25(30(3,27)28)20-13-15-22(16-14-20)29-21-11-8-7-9-12-21/h7-9,11-16,19H,4-6,10,17-18H2,1-3H3,(H,24,26)/t19-/m1/s1. The molecule has 6 nitrogen and oxygen atoms in total. The summed E-state index contributed by atoms with van der Waals surface area (Å²) in [5, 5.41) is 2.89. The largest absolute Gasteiger partial charge is 0.457 e. The van der Waals surface area contributed by atoms with Crippen LogP contribution in [0.15, 0.2) is 54.6 Å². The molecule has 1 atom stereocenters. The lowest BCUT2D eigenvalue weighted by Crippen LogP contribution is -2.41. The normalized spacial score (nSPS) is 12.2. The summed E-state index contributed by atoms with van der Waals surface area (Å²) in [4.78, 5) is 12.4. The monoisotopic (exact) mass is 432 g/mol. The van der Waals surface area contributed by atoms with Gasteiger partial charge in [-0.1, -0.05) is 51.3 Å². The number of nitrogens with one attached hydrogen (secondary N) is 1. The van der Waals surface area contributed by atoms with Crippen LogP contribution in [0.1, 0.15) is 39.5 Å². The molecule has 0 fully saturated rings. The summed E-state index contributed by atoms with van der Waals surface area (Å²) in [5.41, 5.74) is 0.422. The second kappa shape index (κ2) is 11.6. The van der Waals surface area contributed by atoms with Crippen LogP contribution in [0.2, 0.25) is 0 Å². The molecule has 2 aromatic rings. The van der Waals surface area contributed by atoms with Crippen molar-refractivity contribution in [2.75, 3.05) is 23.7 Å². The number of hydrogen-bond donors (Lipinski definition) is 1. The molecular weight excluding hydrogens is 400 g/mol. The number of hydrogen-bond acceptors (Lipinski definition) is 4. The summed E-state index contributed by atoms with van der Waals surface area (Å²) in [6, 6.07) is 16.0. The minimum Gasteiger partial charge on any atom is -0.457 e. The van der Waals surface area contributed by atoms with Crippen LogP contribution in [0.3, 0.4) is 0 Å². The quantitative estimate of drug-likeness (QED) is 0.533. The van der Waals surface area contributed by atoms with E-state index in [1.54, 1.807) is 24.3 Å². The molecule has 0 aromatic heterocycles. The molecule has 0 unspecified atom stereocenters. The van der Waals surface area contributed by atoms with Crippen LogP contribution in [0.25, 0.3) is 0 Å². The Kier molecular flexibility index (Phi) is 9.17. The number of anilines is 1. The van der Waals surface area contributed by atoms with Crippen LogP contribution in [0, 0.1) is 5.92 Å². The maximum Gasteiger partial charge on any atom is 0.240 e. The number of rotatable bonds is 12. The van der Waals surface area contributed by atoms with Gasteiger partial charge in [0.1, 0.15) is 18.0 Å². The Balaban J connectivity index is 2.02. The second-order valence-electron chi connectivity index (χ2n) is 7.40. The number of unbranched alkanes of at least 4 members (excludes halogenated alkanes) is 1. The molecule has 7 heteroatoms. The Labute approximate surface area is 180 Å². The van der Waals surface area contributed by atoms with E-state index >= 15 is 0 Å². The van der Waals surface area contributed by atoms with Crippen molar-refractivity contribution in [2.45, 2.75) is 39.5 Å². The Morgan fingerprint density at radius 3 is 2.23 bits per heavy atom. The van der Waals surface area contributed by atoms with Crippen LogP contribution in [-0.2, 0) is 14.8 Å². The predicted molar refractivity (Wildman–Crippen MR) is 121 cm³/mol. The molecule has 0 saturated heterocycles. The van der Waals surface area contributed by atoms with Crippen molar-refractivity contribution in [2.24, 2.45) is 5.92 Å². The lowest BCUT2D eigenvalue weighted by Gasteiger charge is -2.23. The molecule has 0 aliphatic carbocycles. The molecule has 1 amide bonds. The summed E-state index contributed by atoms with van der Waals surface area (Å²) >= 11 is 0. The van der Waals surface area contributed by atoms with Gasteiger partial charge >= 0.3 is 0 Å². The first kappa shape index (κ1) is 23.7. The maximum atomic E-state index is 12.4. The molecule has 0 bridgehead atoms. The third-order valence-electron chi connectivity index (χ3n) is 4.92. The molecule has 2 aromatic carbocycles. The lowest BCUT2D eigenvalue weighted by atomic mass is 9.99. The summed E-state index contributed by atoms with van der Waals surface area (Å²) in [5.74, 6) is 1.39. The first-order valence-corrected chi connectivity index (χ1v) is 12.3. The van der Waals surface area contributed by atoms with Gasteiger partial charge in [-0.3, -0.25) is 9.10 Å². The van der Waals surface area contributed by atoms with E-state index in [1.165, 1.54) is 0 Å². The average Bonchev–Trinajstić information content (AvgIpc) is 2.73. The van der Waals surface area contributed by atoms with Gasteiger partial charge in [0.25, 0.3) is 0 Å². The Bertz CT molecular complexity index is 883. The van der Waals surface area contributed by atoms with Crippen molar-refractivity contribution in [3.8, 4) is 11.5 Å². The van der Waals surface area contributed by atoms with Gasteiger partial charge in [-0.15, -0.1) is 0 Å². The fourth-order valence-electron chi connectivity index (χ4n) is 3.09. The molecule has 0 aliphatic rings. The van der Waals surface area contributed by atoms with Crippen LogP contribution >= 0.6 is 0 Å². The van der Waals surface area contributed by atoms with E-state index in [1.807, 2.05) is 30.3 Å². The highest BCUT2D eigenvalue weighted by Gasteiger charge is 2.21. The molecule has 30 heavy (non-hydrogen) atoms. The van der Waals surface area contributed by atoms with Crippen molar-refractivity contribution in [3.63, 3.8) is 0 Å². The van der Waals surface area contributed by atoms with Crippen LogP contribution < -0.4 is 14.4 Å². The molecular formula is C23H32N2O4S. The van der Waals surface area contributed by atoms with E-state index in [0.717, 1.165) is 36.2 Å². The summed E-state index contributed by atoms with van der Waals surface area (Å²) in [6.45, 7) is 4.57. The van der Waals surface area contributed by atoms with Gasteiger partial charge in [0.15, 0.2) is 0 Å². The third kappa shape index (κ3) is 7.71. The zero-order valence-corrected chi connectivity index (χ0v) is 18.8. The van der Waals surface area contributed by atoms with E-state index in [-0.39, 0.29) is 12.5 Å². The smallest absolute Gasteiger partial charge is 0.240 e. The molecule has 0 saturated carbocycles.